The summed E-state index contributed by atoms with van der Waals surface area (Å²) in [7, 11) is 0. The lowest BCUT2D eigenvalue weighted by Crippen LogP contribution is -2.33. The van der Waals surface area contributed by atoms with Gasteiger partial charge in [-0.25, -0.2) is 4.98 Å². The van der Waals surface area contributed by atoms with E-state index in [1.54, 1.807) is 6.20 Å². The van der Waals surface area contributed by atoms with Crippen molar-refractivity contribution < 1.29 is 0 Å². The normalized spacial score (nSPS) is 23.5. The van der Waals surface area contributed by atoms with Crippen molar-refractivity contribution in [3.8, 4) is 6.07 Å². The number of hydrogen-bond donors (Lipinski definition) is 1. The van der Waals surface area contributed by atoms with Crippen molar-refractivity contribution in [2.45, 2.75) is 37.1 Å². The van der Waals surface area contributed by atoms with E-state index in [2.05, 4.69) is 22.6 Å². The highest BCUT2D eigenvalue weighted by molar-refractivity contribution is 7.99. The molecule has 2 atom stereocenters. The Morgan fingerprint density at radius 3 is 3.24 bits per heavy atom. The van der Waals surface area contributed by atoms with E-state index in [9.17, 15) is 0 Å². The van der Waals surface area contributed by atoms with Crippen molar-refractivity contribution in [3.05, 3.63) is 29.6 Å². The number of hydrogen-bond acceptors (Lipinski definition) is 4. The molecule has 90 valence electrons. The van der Waals surface area contributed by atoms with E-state index in [-0.39, 0.29) is 0 Å². The third kappa shape index (κ3) is 3.21. The first-order chi connectivity index (χ1) is 8.33. The fourth-order valence-electron chi connectivity index (χ4n) is 2.34. The van der Waals surface area contributed by atoms with Gasteiger partial charge in [-0.1, -0.05) is 6.42 Å². The summed E-state index contributed by atoms with van der Waals surface area (Å²) < 4.78 is 0. The summed E-state index contributed by atoms with van der Waals surface area (Å²) in [6, 6.07) is 6.51. The second-order valence-electron chi connectivity index (χ2n) is 4.35. The smallest absolute Gasteiger partial charge is 0.140 e. The minimum atomic E-state index is 0.497. The van der Waals surface area contributed by atoms with Crippen LogP contribution in [-0.4, -0.2) is 22.5 Å². The van der Waals surface area contributed by atoms with E-state index in [1.165, 1.54) is 19.3 Å². The SMILES string of the molecule is CSC1CCCC1NCc1ccnc(C#N)c1. The van der Waals surface area contributed by atoms with Crippen LogP contribution >= 0.6 is 11.8 Å². The second kappa shape index (κ2) is 6.04. The maximum atomic E-state index is 8.79. The van der Waals surface area contributed by atoms with Crippen molar-refractivity contribution in [2.75, 3.05) is 6.26 Å². The number of nitrogens with zero attached hydrogens (tertiary/aromatic N) is 2. The molecule has 4 heteroatoms. The lowest BCUT2D eigenvalue weighted by molar-refractivity contribution is 0.532. The molecule has 1 aliphatic carbocycles. The third-order valence-corrected chi connectivity index (χ3v) is 4.43. The average molecular weight is 247 g/mol. The van der Waals surface area contributed by atoms with E-state index < -0.39 is 0 Å². The Bertz CT molecular complexity index is 413. The Morgan fingerprint density at radius 1 is 1.59 bits per heavy atom. The molecule has 0 aliphatic heterocycles. The predicted octanol–water partition coefficient (Wildman–Crippen LogP) is 2.33. The summed E-state index contributed by atoms with van der Waals surface area (Å²) in [5, 5.41) is 13.1. The summed E-state index contributed by atoms with van der Waals surface area (Å²) in [6.45, 7) is 0.832. The Balaban J connectivity index is 1.91. The first-order valence-corrected chi connectivity index (χ1v) is 7.23. The van der Waals surface area contributed by atoms with E-state index in [1.807, 2.05) is 23.9 Å². The Kier molecular flexibility index (Phi) is 4.41. The highest BCUT2D eigenvalue weighted by Crippen LogP contribution is 2.28. The molecule has 0 saturated heterocycles. The summed E-state index contributed by atoms with van der Waals surface area (Å²) in [6.07, 6.45) is 7.80. The summed E-state index contributed by atoms with van der Waals surface area (Å²) >= 11 is 1.96. The Labute approximate surface area is 107 Å². The molecule has 17 heavy (non-hydrogen) atoms. The monoisotopic (exact) mass is 247 g/mol. The van der Waals surface area contributed by atoms with Crippen LogP contribution in [0.1, 0.15) is 30.5 Å². The number of nitrogens with one attached hydrogen (secondary N) is 1. The topological polar surface area (TPSA) is 48.7 Å². The van der Waals surface area contributed by atoms with Crippen LogP contribution in [-0.2, 0) is 6.54 Å². The van der Waals surface area contributed by atoms with E-state index >= 15 is 0 Å². The molecule has 0 amide bonds. The van der Waals surface area contributed by atoms with Gasteiger partial charge in [0, 0.05) is 24.0 Å². The number of rotatable bonds is 4. The predicted molar refractivity (Wildman–Crippen MR) is 70.7 cm³/mol. The molecule has 2 unspecified atom stereocenters. The molecule has 1 aromatic rings. The van der Waals surface area contributed by atoms with Crippen molar-refractivity contribution >= 4 is 11.8 Å². The molecule has 1 heterocycles. The Morgan fingerprint density at radius 2 is 2.47 bits per heavy atom. The van der Waals surface area contributed by atoms with Gasteiger partial charge in [0.05, 0.1) is 0 Å². The van der Waals surface area contributed by atoms with Gasteiger partial charge in [-0.3, -0.25) is 0 Å². The van der Waals surface area contributed by atoms with Gasteiger partial charge in [0.1, 0.15) is 11.8 Å². The minimum Gasteiger partial charge on any atom is -0.309 e. The summed E-state index contributed by atoms with van der Waals surface area (Å²) in [5.74, 6) is 0. The molecule has 2 rings (SSSR count). The van der Waals surface area contributed by atoms with Gasteiger partial charge < -0.3 is 5.32 Å². The molecule has 1 saturated carbocycles. The Hall–Kier alpha value is -1.05. The average Bonchev–Trinajstić information content (AvgIpc) is 2.84. The quantitative estimate of drug-likeness (QED) is 0.887. The van der Waals surface area contributed by atoms with E-state index in [0.717, 1.165) is 17.4 Å². The maximum Gasteiger partial charge on any atom is 0.140 e. The van der Waals surface area contributed by atoms with Gasteiger partial charge in [-0.15, -0.1) is 0 Å². The molecule has 0 spiro atoms. The summed E-state index contributed by atoms with van der Waals surface area (Å²) in [5.41, 5.74) is 1.64. The largest absolute Gasteiger partial charge is 0.309 e. The third-order valence-electron chi connectivity index (χ3n) is 3.26. The van der Waals surface area contributed by atoms with Crippen LogP contribution in [0.5, 0.6) is 0 Å². The van der Waals surface area contributed by atoms with Crippen LogP contribution in [0.4, 0.5) is 0 Å². The van der Waals surface area contributed by atoms with Gasteiger partial charge in [0.25, 0.3) is 0 Å². The van der Waals surface area contributed by atoms with E-state index in [0.29, 0.717) is 11.7 Å². The second-order valence-corrected chi connectivity index (χ2v) is 5.43. The summed E-state index contributed by atoms with van der Waals surface area (Å²) in [4.78, 5) is 3.98. The zero-order valence-electron chi connectivity index (χ0n) is 10.0. The number of thioether (sulfide) groups is 1. The molecule has 0 bridgehead atoms. The number of pyridine rings is 1. The first-order valence-electron chi connectivity index (χ1n) is 5.94. The molecule has 1 fully saturated rings. The fourth-order valence-corrected chi connectivity index (χ4v) is 3.30. The number of nitriles is 1. The van der Waals surface area contributed by atoms with Crippen molar-refractivity contribution in [1.82, 2.24) is 10.3 Å². The van der Waals surface area contributed by atoms with Crippen LogP contribution in [0.2, 0.25) is 0 Å². The number of aromatic nitrogens is 1. The standard InChI is InChI=1S/C13H17N3S/c1-17-13-4-2-3-12(13)16-9-10-5-6-15-11(7-10)8-14/h5-7,12-13,16H,2-4,9H2,1H3. The molecule has 0 aromatic carbocycles. The van der Waals surface area contributed by atoms with Crippen LogP contribution in [0.15, 0.2) is 18.3 Å². The zero-order chi connectivity index (χ0) is 12.1. The highest BCUT2D eigenvalue weighted by Gasteiger charge is 2.25. The first kappa shape index (κ1) is 12.4. The molecule has 1 aliphatic rings. The van der Waals surface area contributed by atoms with Gasteiger partial charge in [0.15, 0.2) is 0 Å². The lowest BCUT2D eigenvalue weighted by atomic mass is 10.2. The highest BCUT2D eigenvalue weighted by atomic mass is 32.2. The molecule has 1 N–H and O–H groups in total. The van der Waals surface area contributed by atoms with Crippen LogP contribution < -0.4 is 5.32 Å². The fraction of sp³-hybridized carbons (Fsp3) is 0.538. The van der Waals surface area contributed by atoms with Gasteiger partial charge in [-0.2, -0.15) is 17.0 Å². The van der Waals surface area contributed by atoms with Crippen LogP contribution in [0.3, 0.4) is 0 Å². The van der Waals surface area contributed by atoms with Gasteiger partial charge in [-0.05, 0) is 36.8 Å². The van der Waals surface area contributed by atoms with Crippen LogP contribution in [0, 0.1) is 11.3 Å². The molecular weight excluding hydrogens is 230 g/mol. The van der Waals surface area contributed by atoms with Gasteiger partial charge >= 0.3 is 0 Å². The molecular formula is C13H17N3S. The maximum absolute atomic E-state index is 8.79. The van der Waals surface area contributed by atoms with Crippen molar-refractivity contribution in [3.63, 3.8) is 0 Å². The lowest BCUT2D eigenvalue weighted by Gasteiger charge is -2.19. The van der Waals surface area contributed by atoms with Crippen molar-refractivity contribution in [1.29, 1.82) is 5.26 Å². The van der Waals surface area contributed by atoms with Crippen LogP contribution in [0.25, 0.3) is 0 Å². The molecule has 1 aromatic heterocycles. The minimum absolute atomic E-state index is 0.497. The van der Waals surface area contributed by atoms with E-state index in [4.69, 9.17) is 5.26 Å². The van der Waals surface area contributed by atoms with Crippen molar-refractivity contribution in [2.24, 2.45) is 0 Å². The molecule has 3 nitrogen and oxygen atoms in total. The zero-order valence-corrected chi connectivity index (χ0v) is 10.8. The van der Waals surface area contributed by atoms with Gasteiger partial charge in [0.2, 0.25) is 0 Å². The molecule has 0 radical (unpaired) electrons.